The molecule has 0 aliphatic carbocycles. The Bertz CT molecular complexity index is 808. The molecule has 0 aromatic carbocycles. The van der Waals surface area contributed by atoms with Crippen molar-refractivity contribution in [3.8, 4) is 0 Å². The van der Waals surface area contributed by atoms with Crippen molar-refractivity contribution in [3.05, 3.63) is 22.8 Å². The van der Waals surface area contributed by atoms with Crippen LogP contribution in [0.5, 0.6) is 0 Å². The topological polar surface area (TPSA) is 70.6 Å². The van der Waals surface area contributed by atoms with Gasteiger partial charge in [-0.2, -0.15) is 13.2 Å². The van der Waals surface area contributed by atoms with Crippen LogP contribution in [0.4, 0.5) is 19.0 Å². The number of alkyl halides is 3. The van der Waals surface area contributed by atoms with E-state index < -0.39 is 27.5 Å². The molecule has 0 N–H and O–H groups in total. The van der Waals surface area contributed by atoms with Gasteiger partial charge in [0.1, 0.15) is 5.82 Å². The molecule has 0 bridgehead atoms. The van der Waals surface area contributed by atoms with Gasteiger partial charge in [0.25, 0.3) is 0 Å². The van der Waals surface area contributed by atoms with Gasteiger partial charge in [0.05, 0.1) is 28.0 Å². The van der Waals surface area contributed by atoms with Crippen molar-refractivity contribution in [1.29, 1.82) is 0 Å². The normalized spacial score (nSPS) is 23.3. The number of carbonyl (C=O) groups is 1. The van der Waals surface area contributed by atoms with Crippen molar-refractivity contribution in [2.45, 2.75) is 12.6 Å². The molecule has 1 aromatic rings. The van der Waals surface area contributed by atoms with Crippen LogP contribution >= 0.6 is 11.6 Å². The third kappa shape index (κ3) is 4.06. The molecule has 3 heterocycles. The second kappa shape index (κ2) is 6.88. The molecule has 1 amide bonds. The predicted molar refractivity (Wildman–Crippen MR) is 89.8 cm³/mol. The first-order chi connectivity index (χ1) is 12.1. The SMILES string of the molecule is O=C([C@@H]1CCS(=O)(=O)C1)N1CCN(c2ncc(C(F)(F)F)cc2Cl)CC1. The van der Waals surface area contributed by atoms with Crippen LogP contribution in [0, 0.1) is 5.92 Å². The minimum absolute atomic E-state index is 0.0362. The molecule has 2 aliphatic rings. The summed E-state index contributed by atoms with van der Waals surface area (Å²) in [5, 5.41) is -0.0958. The zero-order chi connectivity index (χ0) is 19.1. The van der Waals surface area contributed by atoms with Crippen LogP contribution in [0.3, 0.4) is 0 Å². The summed E-state index contributed by atoms with van der Waals surface area (Å²) in [6, 6.07) is 0.838. The van der Waals surface area contributed by atoms with Crippen molar-refractivity contribution in [3.63, 3.8) is 0 Å². The van der Waals surface area contributed by atoms with Crippen LogP contribution in [-0.4, -0.2) is 61.9 Å². The van der Waals surface area contributed by atoms with E-state index in [1.54, 1.807) is 9.80 Å². The lowest BCUT2D eigenvalue weighted by Gasteiger charge is -2.36. The van der Waals surface area contributed by atoms with Gasteiger partial charge < -0.3 is 9.80 Å². The van der Waals surface area contributed by atoms with Gasteiger partial charge >= 0.3 is 6.18 Å². The highest BCUT2D eigenvalue weighted by atomic mass is 35.5. The maximum Gasteiger partial charge on any atom is 0.417 e. The number of halogens is 4. The molecule has 2 fully saturated rings. The number of amides is 1. The van der Waals surface area contributed by atoms with Crippen LogP contribution < -0.4 is 4.90 Å². The predicted octanol–water partition coefficient (Wildman–Crippen LogP) is 1.84. The van der Waals surface area contributed by atoms with E-state index in [-0.39, 0.29) is 28.3 Å². The highest BCUT2D eigenvalue weighted by molar-refractivity contribution is 7.91. The average Bonchev–Trinajstić information content (AvgIpc) is 2.93. The minimum Gasteiger partial charge on any atom is -0.352 e. The Hall–Kier alpha value is -1.55. The number of rotatable bonds is 2. The monoisotopic (exact) mass is 411 g/mol. The lowest BCUT2D eigenvalue weighted by molar-refractivity contribution is -0.138. The number of hydrogen-bond donors (Lipinski definition) is 0. The molecular formula is C15H17ClF3N3O3S. The first-order valence-electron chi connectivity index (χ1n) is 8.04. The molecular weight excluding hydrogens is 395 g/mol. The maximum atomic E-state index is 12.7. The van der Waals surface area contributed by atoms with Gasteiger partial charge in [0.2, 0.25) is 5.91 Å². The van der Waals surface area contributed by atoms with E-state index in [2.05, 4.69) is 4.98 Å². The molecule has 3 rings (SSSR count). The molecule has 0 radical (unpaired) electrons. The van der Waals surface area contributed by atoms with E-state index in [0.717, 1.165) is 12.3 Å². The van der Waals surface area contributed by atoms with Crippen LogP contribution in [0.2, 0.25) is 5.02 Å². The second-order valence-corrected chi connectivity index (χ2v) is 9.08. The molecule has 0 spiro atoms. The van der Waals surface area contributed by atoms with E-state index in [1.807, 2.05) is 0 Å². The Morgan fingerprint density at radius 3 is 2.38 bits per heavy atom. The minimum atomic E-state index is -4.51. The Morgan fingerprint density at radius 2 is 1.88 bits per heavy atom. The van der Waals surface area contributed by atoms with Crippen molar-refractivity contribution in [2.24, 2.45) is 5.92 Å². The van der Waals surface area contributed by atoms with Crippen LogP contribution in [0.1, 0.15) is 12.0 Å². The molecule has 0 unspecified atom stereocenters. The quantitative estimate of drug-likeness (QED) is 0.742. The van der Waals surface area contributed by atoms with Gasteiger partial charge in [0, 0.05) is 32.4 Å². The molecule has 26 heavy (non-hydrogen) atoms. The summed E-state index contributed by atoms with van der Waals surface area (Å²) in [5.74, 6) is -0.515. The fourth-order valence-corrected chi connectivity index (χ4v) is 5.22. The van der Waals surface area contributed by atoms with E-state index in [1.165, 1.54) is 0 Å². The van der Waals surface area contributed by atoms with Crippen LogP contribution in [0.25, 0.3) is 0 Å². The Morgan fingerprint density at radius 1 is 1.23 bits per heavy atom. The zero-order valence-corrected chi connectivity index (χ0v) is 15.2. The highest BCUT2D eigenvalue weighted by Crippen LogP contribution is 2.33. The van der Waals surface area contributed by atoms with Gasteiger partial charge in [-0.3, -0.25) is 4.79 Å². The first kappa shape index (κ1) is 19.2. The summed E-state index contributed by atoms with van der Waals surface area (Å²) >= 11 is 5.95. The Kier molecular flexibility index (Phi) is 5.08. The van der Waals surface area contributed by atoms with Gasteiger partial charge in [-0.15, -0.1) is 0 Å². The number of pyridine rings is 1. The number of aromatic nitrogens is 1. The van der Waals surface area contributed by atoms with Crippen molar-refractivity contribution in [2.75, 3.05) is 42.6 Å². The van der Waals surface area contributed by atoms with Gasteiger partial charge in [-0.25, -0.2) is 13.4 Å². The zero-order valence-electron chi connectivity index (χ0n) is 13.7. The number of nitrogens with zero attached hydrogens (tertiary/aromatic N) is 3. The lowest BCUT2D eigenvalue weighted by Crippen LogP contribution is -2.50. The number of hydrogen-bond acceptors (Lipinski definition) is 5. The molecule has 11 heteroatoms. The van der Waals surface area contributed by atoms with Gasteiger partial charge in [0.15, 0.2) is 9.84 Å². The summed E-state index contributed by atoms with van der Waals surface area (Å²) in [6.45, 7) is 1.41. The number of sulfone groups is 1. The van der Waals surface area contributed by atoms with Crippen molar-refractivity contribution >= 4 is 33.2 Å². The van der Waals surface area contributed by atoms with Crippen LogP contribution in [0.15, 0.2) is 12.3 Å². The van der Waals surface area contributed by atoms with E-state index in [9.17, 15) is 26.4 Å². The summed E-state index contributed by atoms with van der Waals surface area (Å²) in [6.07, 6.45) is -3.43. The van der Waals surface area contributed by atoms with Gasteiger partial charge in [-0.1, -0.05) is 11.6 Å². The molecule has 6 nitrogen and oxygen atoms in total. The third-order valence-electron chi connectivity index (χ3n) is 4.62. The Labute approximate surface area is 153 Å². The number of carbonyl (C=O) groups excluding carboxylic acids is 1. The standard InChI is InChI=1S/C15H17ClF3N3O3S/c16-12-7-11(15(17,18)19)8-20-13(12)21-2-4-22(5-3-21)14(23)10-1-6-26(24,25)9-10/h7-8,10H,1-6,9H2/t10-/m1/s1. The summed E-state index contributed by atoms with van der Waals surface area (Å²) < 4.78 is 61.1. The fraction of sp³-hybridized carbons (Fsp3) is 0.600. The maximum absolute atomic E-state index is 12.7. The molecule has 0 saturated carbocycles. The summed E-state index contributed by atoms with van der Waals surface area (Å²) in [7, 11) is -3.13. The van der Waals surface area contributed by atoms with Gasteiger partial charge in [-0.05, 0) is 12.5 Å². The average molecular weight is 412 g/mol. The first-order valence-corrected chi connectivity index (χ1v) is 10.2. The molecule has 1 aromatic heterocycles. The van der Waals surface area contributed by atoms with Crippen molar-refractivity contribution < 1.29 is 26.4 Å². The highest BCUT2D eigenvalue weighted by Gasteiger charge is 2.37. The van der Waals surface area contributed by atoms with E-state index in [0.29, 0.717) is 32.6 Å². The van der Waals surface area contributed by atoms with E-state index in [4.69, 9.17) is 11.6 Å². The summed E-state index contributed by atoms with van der Waals surface area (Å²) in [4.78, 5) is 19.6. The van der Waals surface area contributed by atoms with E-state index >= 15 is 0 Å². The smallest absolute Gasteiger partial charge is 0.352 e. The third-order valence-corrected chi connectivity index (χ3v) is 6.67. The van der Waals surface area contributed by atoms with Crippen molar-refractivity contribution in [1.82, 2.24) is 9.88 Å². The number of anilines is 1. The number of piperazine rings is 1. The molecule has 144 valence electrons. The molecule has 1 atom stereocenters. The molecule has 2 saturated heterocycles. The van der Waals surface area contributed by atoms with Crippen LogP contribution in [-0.2, 0) is 20.8 Å². The largest absolute Gasteiger partial charge is 0.417 e. The fourth-order valence-electron chi connectivity index (χ4n) is 3.21. The lowest BCUT2D eigenvalue weighted by atomic mass is 10.1. The molecule has 2 aliphatic heterocycles. The second-order valence-electron chi connectivity index (χ2n) is 6.44. The Balaban J connectivity index is 1.63. The summed E-state index contributed by atoms with van der Waals surface area (Å²) in [5.41, 5.74) is -0.914.